The molecule has 0 aromatic heterocycles. The molecule has 0 unspecified atom stereocenters. The Hall–Kier alpha value is -0.660. The van der Waals surface area contributed by atoms with E-state index in [1.807, 2.05) is 0 Å². The quantitative estimate of drug-likeness (QED) is 0.0948. The van der Waals surface area contributed by atoms with Gasteiger partial charge in [-0.1, -0.05) is 135 Å². The second kappa shape index (κ2) is 27.4. The van der Waals surface area contributed by atoms with Crippen molar-refractivity contribution in [2.75, 3.05) is 0 Å². The second-order valence-electron chi connectivity index (χ2n) is 9.77. The molecule has 0 rings (SSSR count). The number of hydrogen-bond donors (Lipinski definition) is 0. The summed E-state index contributed by atoms with van der Waals surface area (Å²) >= 11 is 0. The third-order valence-corrected chi connectivity index (χ3v) is 6.59. The Bertz CT molecular complexity index is 364. The van der Waals surface area contributed by atoms with Gasteiger partial charge in [0, 0.05) is 19.3 Å². The topological polar surface area (TPSA) is 34.1 Å². The van der Waals surface area contributed by atoms with Crippen LogP contribution in [0.5, 0.6) is 0 Å². The first kappa shape index (κ1) is 30.3. The van der Waals surface area contributed by atoms with Gasteiger partial charge in [-0.15, -0.1) is 0 Å². The summed E-state index contributed by atoms with van der Waals surface area (Å²) in [6, 6.07) is 0. The van der Waals surface area contributed by atoms with E-state index < -0.39 is 0 Å². The number of hydrogen-bond acceptors (Lipinski definition) is 2. The Balaban J connectivity index is 3.09. The molecule has 0 aliphatic heterocycles. The molecule has 31 heavy (non-hydrogen) atoms. The number of rotatable bonds is 27. The van der Waals surface area contributed by atoms with Gasteiger partial charge >= 0.3 is 0 Å². The summed E-state index contributed by atoms with van der Waals surface area (Å²) in [5, 5.41) is 0. The number of ketones is 1. The number of carbonyl (C=O) groups excluding carboxylic acids is 2. The van der Waals surface area contributed by atoms with E-state index in [1.54, 1.807) is 0 Å². The molecule has 0 fully saturated rings. The maximum atomic E-state index is 11.9. The van der Waals surface area contributed by atoms with Crippen LogP contribution in [-0.4, -0.2) is 12.1 Å². The van der Waals surface area contributed by atoms with Crippen LogP contribution in [0.1, 0.15) is 174 Å². The molecule has 184 valence electrons. The van der Waals surface area contributed by atoms with Crippen molar-refractivity contribution >= 4 is 12.1 Å². The largest absolute Gasteiger partial charge is 0.303 e. The van der Waals surface area contributed by atoms with Gasteiger partial charge < -0.3 is 4.79 Å². The van der Waals surface area contributed by atoms with Crippen LogP contribution in [0.15, 0.2) is 0 Å². The van der Waals surface area contributed by atoms with Crippen molar-refractivity contribution in [1.29, 1.82) is 0 Å². The highest BCUT2D eigenvalue weighted by Crippen LogP contribution is 2.15. The summed E-state index contributed by atoms with van der Waals surface area (Å²) in [6.45, 7) is 2.24. The zero-order valence-electron chi connectivity index (χ0n) is 21.3. The van der Waals surface area contributed by atoms with Gasteiger partial charge in [-0.2, -0.15) is 0 Å². The normalized spacial score (nSPS) is 11.1. The lowest BCUT2D eigenvalue weighted by Gasteiger charge is -2.04. The molecule has 0 bridgehead atoms. The van der Waals surface area contributed by atoms with Crippen molar-refractivity contribution in [3.8, 4) is 0 Å². The fourth-order valence-electron chi connectivity index (χ4n) is 4.43. The summed E-state index contributed by atoms with van der Waals surface area (Å²) in [6.07, 6.45) is 33.8. The molecule has 0 aliphatic rings. The predicted molar refractivity (Wildman–Crippen MR) is 137 cm³/mol. The fraction of sp³-hybridized carbons (Fsp3) is 0.931. The van der Waals surface area contributed by atoms with Gasteiger partial charge in [0.2, 0.25) is 0 Å². The summed E-state index contributed by atoms with van der Waals surface area (Å²) in [7, 11) is 0. The first-order chi connectivity index (χ1) is 15.3. The number of aldehydes is 1. The zero-order chi connectivity index (χ0) is 22.7. The first-order valence-electron chi connectivity index (χ1n) is 14.3. The second-order valence-corrected chi connectivity index (χ2v) is 9.77. The SMILES string of the molecule is CCCCCCCC(=O)CCCCCCCCCCCCCCCCCCCCC=O. The van der Waals surface area contributed by atoms with E-state index in [4.69, 9.17) is 0 Å². The van der Waals surface area contributed by atoms with Crippen LogP contribution < -0.4 is 0 Å². The zero-order valence-corrected chi connectivity index (χ0v) is 21.3. The molecule has 0 atom stereocenters. The van der Waals surface area contributed by atoms with Gasteiger partial charge in [0.15, 0.2) is 0 Å². The first-order valence-corrected chi connectivity index (χ1v) is 14.3. The molecule has 0 radical (unpaired) electrons. The van der Waals surface area contributed by atoms with Crippen LogP contribution >= 0.6 is 0 Å². The minimum atomic E-state index is 0.502. The minimum Gasteiger partial charge on any atom is -0.303 e. The Labute approximate surface area is 195 Å². The molecule has 0 heterocycles. The van der Waals surface area contributed by atoms with Gasteiger partial charge in [-0.25, -0.2) is 0 Å². The molecule has 0 aromatic rings. The number of unbranched alkanes of at least 4 members (excludes halogenated alkanes) is 22. The van der Waals surface area contributed by atoms with Crippen molar-refractivity contribution in [2.24, 2.45) is 0 Å². The van der Waals surface area contributed by atoms with Crippen molar-refractivity contribution in [3.05, 3.63) is 0 Å². The average Bonchev–Trinajstić information content (AvgIpc) is 2.77. The van der Waals surface area contributed by atoms with Crippen LogP contribution in [0.2, 0.25) is 0 Å². The molecule has 0 amide bonds. The highest BCUT2D eigenvalue weighted by Gasteiger charge is 2.02. The summed E-state index contributed by atoms with van der Waals surface area (Å²) in [5.74, 6) is 0.502. The molecule has 0 spiro atoms. The van der Waals surface area contributed by atoms with Gasteiger partial charge in [0.1, 0.15) is 12.1 Å². The molecule has 0 aliphatic carbocycles. The minimum absolute atomic E-state index is 0.502. The van der Waals surface area contributed by atoms with E-state index in [0.717, 1.165) is 44.8 Å². The van der Waals surface area contributed by atoms with Crippen LogP contribution in [0.25, 0.3) is 0 Å². The summed E-state index contributed by atoms with van der Waals surface area (Å²) in [4.78, 5) is 22.1. The lowest BCUT2D eigenvalue weighted by Crippen LogP contribution is -1.97. The predicted octanol–water partition coefficient (Wildman–Crippen LogP) is 9.92. The number of Topliss-reactive ketones (excluding diaryl/α,β-unsaturated/α-hetero) is 1. The van der Waals surface area contributed by atoms with Gasteiger partial charge in [-0.3, -0.25) is 4.79 Å². The molecule has 0 saturated carbocycles. The molecule has 0 N–H and O–H groups in total. The molecular formula is C29H56O2. The van der Waals surface area contributed by atoms with Crippen LogP contribution in [0.4, 0.5) is 0 Å². The average molecular weight is 437 g/mol. The Morgan fingerprint density at radius 1 is 0.452 bits per heavy atom. The molecule has 0 saturated heterocycles. The summed E-state index contributed by atoms with van der Waals surface area (Å²) in [5.41, 5.74) is 0. The van der Waals surface area contributed by atoms with Gasteiger partial charge in [-0.05, 0) is 19.3 Å². The van der Waals surface area contributed by atoms with Crippen molar-refractivity contribution in [2.45, 2.75) is 174 Å². The lowest BCUT2D eigenvalue weighted by molar-refractivity contribution is -0.119. The molecule has 2 nitrogen and oxygen atoms in total. The van der Waals surface area contributed by atoms with Gasteiger partial charge in [0.25, 0.3) is 0 Å². The monoisotopic (exact) mass is 436 g/mol. The summed E-state index contributed by atoms with van der Waals surface area (Å²) < 4.78 is 0. The van der Waals surface area contributed by atoms with E-state index >= 15 is 0 Å². The van der Waals surface area contributed by atoms with Crippen LogP contribution in [0.3, 0.4) is 0 Å². The highest BCUT2D eigenvalue weighted by atomic mass is 16.1. The smallest absolute Gasteiger partial charge is 0.132 e. The van der Waals surface area contributed by atoms with E-state index in [-0.39, 0.29) is 0 Å². The maximum absolute atomic E-state index is 11.9. The Morgan fingerprint density at radius 2 is 0.742 bits per heavy atom. The highest BCUT2D eigenvalue weighted by molar-refractivity contribution is 5.78. The van der Waals surface area contributed by atoms with Crippen LogP contribution in [-0.2, 0) is 9.59 Å². The third-order valence-electron chi connectivity index (χ3n) is 6.59. The number of carbonyl (C=O) groups is 2. The molecule has 2 heteroatoms. The Morgan fingerprint density at radius 3 is 1.06 bits per heavy atom. The van der Waals surface area contributed by atoms with E-state index in [0.29, 0.717) is 5.78 Å². The maximum Gasteiger partial charge on any atom is 0.132 e. The van der Waals surface area contributed by atoms with Crippen molar-refractivity contribution in [1.82, 2.24) is 0 Å². The third kappa shape index (κ3) is 27.3. The molecular weight excluding hydrogens is 380 g/mol. The van der Waals surface area contributed by atoms with E-state index in [9.17, 15) is 9.59 Å². The van der Waals surface area contributed by atoms with Gasteiger partial charge in [0.05, 0.1) is 0 Å². The standard InChI is InChI=1S/C29H56O2/c1-2-3-4-20-23-26-29(31)27-24-21-18-16-14-12-10-8-6-5-7-9-11-13-15-17-19-22-25-28-30/h28H,2-27H2,1H3. The van der Waals surface area contributed by atoms with Crippen molar-refractivity contribution in [3.63, 3.8) is 0 Å². The van der Waals surface area contributed by atoms with Crippen LogP contribution in [0, 0.1) is 0 Å². The van der Waals surface area contributed by atoms with Crippen molar-refractivity contribution < 1.29 is 9.59 Å². The Kier molecular flexibility index (Phi) is 26.8. The molecule has 0 aromatic carbocycles. The lowest BCUT2D eigenvalue weighted by atomic mass is 10.0. The van der Waals surface area contributed by atoms with E-state index in [2.05, 4.69) is 6.92 Å². The van der Waals surface area contributed by atoms with E-state index in [1.165, 1.54) is 128 Å². The fourth-order valence-corrected chi connectivity index (χ4v) is 4.43.